The van der Waals surface area contributed by atoms with Crippen molar-refractivity contribution in [3.05, 3.63) is 35.7 Å². The summed E-state index contributed by atoms with van der Waals surface area (Å²) < 4.78 is 26.2. The van der Waals surface area contributed by atoms with E-state index in [1.54, 1.807) is 38.1 Å². The van der Waals surface area contributed by atoms with Crippen molar-refractivity contribution >= 4 is 33.2 Å². The molecule has 0 radical (unpaired) electrons. The van der Waals surface area contributed by atoms with E-state index in [4.69, 9.17) is 0 Å². The summed E-state index contributed by atoms with van der Waals surface area (Å²) in [6.45, 7) is 4.24. The van der Waals surface area contributed by atoms with Gasteiger partial charge in [-0.1, -0.05) is 0 Å². The van der Waals surface area contributed by atoms with Crippen molar-refractivity contribution in [1.29, 1.82) is 0 Å². The van der Waals surface area contributed by atoms with Gasteiger partial charge in [0.25, 0.3) is 0 Å². The Bertz CT molecular complexity index is 899. The quantitative estimate of drug-likeness (QED) is 0.697. The highest BCUT2D eigenvalue weighted by molar-refractivity contribution is 7.89. The van der Waals surface area contributed by atoms with Gasteiger partial charge in [0.15, 0.2) is 0 Å². The Balaban J connectivity index is 2.04. The van der Waals surface area contributed by atoms with Crippen LogP contribution in [0.25, 0.3) is 0 Å². The van der Waals surface area contributed by atoms with Crippen LogP contribution in [0.2, 0.25) is 0 Å². The molecular weight excluding hydrogens is 358 g/mol. The molecule has 10 heteroatoms. The zero-order valence-electron chi connectivity index (χ0n) is 15.0. The van der Waals surface area contributed by atoms with E-state index in [1.807, 2.05) is 0 Å². The monoisotopic (exact) mass is 379 g/mol. The van der Waals surface area contributed by atoms with Crippen molar-refractivity contribution in [2.24, 2.45) is 0 Å². The topological polar surface area (TPSA) is 124 Å². The Kier molecular flexibility index (Phi) is 5.78. The maximum atomic E-state index is 12.6. The largest absolute Gasteiger partial charge is 0.326 e. The fourth-order valence-corrected chi connectivity index (χ4v) is 3.85. The van der Waals surface area contributed by atoms with Crippen LogP contribution < -0.4 is 10.6 Å². The van der Waals surface area contributed by atoms with Crippen LogP contribution in [0.3, 0.4) is 0 Å². The number of rotatable bonds is 6. The predicted octanol–water partition coefficient (Wildman–Crippen LogP) is 1.24. The number of aromatic amines is 1. The van der Waals surface area contributed by atoms with E-state index in [2.05, 4.69) is 20.8 Å². The first-order valence-electron chi connectivity index (χ1n) is 7.76. The maximum absolute atomic E-state index is 12.6. The molecule has 0 saturated heterocycles. The average molecular weight is 379 g/mol. The van der Waals surface area contributed by atoms with Gasteiger partial charge in [0.1, 0.15) is 4.90 Å². The minimum Gasteiger partial charge on any atom is -0.326 e. The molecule has 9 nitrogen and oxygen atoms in total. The Hall–Kier alpha value is -2.72. The van der Waals surface area contributed by atoms with E-state index >= 15 is 0 Å². The molecule has 1 aromatic heterocycles. The Morgan fingerprint density at radius 3 is 2.12 bits per heavy atom. The molecule has 2 rings (SSSR count). The standard InChI is InChI=1S/C16H21N5O4S/c1-10-16(11(2)20-19-10)26(24,25)21(4)9-15(23)18-14-7-5-13(6-8-14)17-12(3)22/h5-8H,9H2,1-4H3,(H,17,22)(H,18,23)(H,19,20). The lowest BCUT2D eigenvalue weighted by molar-refractivity contribution is -0.116. The third-order valence-electron chi connectivity index (χ3n) is 3.58. The van der Waals surface area contributed by atoms with Gasteiger partial charge in [-0.15, -0.1) is 0 Å². The first-order valence-corrected chi connectivity index (χ1v) is 9.20. The second-order valence-corrected chi connectivity index (χ2v) is 7.81. The van der Waals surface area contributed by atoms with Crippen molar-refractivity contribution in [1.82, 2.24) is 14.5 Å². The summed E-state index contributed by atoms with van der Waals surface area (Å²) in [6.07, 6.45) is 0. The molecule has 0 saturated carbocycles. The lowest BCUT2D eigenvalue weighted by atomic mass is 10.2. The number of aryl methyl sites for hydroxylation is 2. The van der Waals surface area contributed by atoms with Gasteiger partial charge in [0, 0.05) is 25.3 Å². The second-order valence-electron chi connectivity index (χ2n) is 5.83. The van der Waals surface area contributed by atoms with E-state index in [1.165, 1.54) is 14.0 Å². The zero-order chi connectivity index (χ0) is 19.5. The lowest BCUT2D eigenvalue weighted by Crippen LogP contribution is -2.35. The third kappa shape index (κ3) is 4.46. The molecule has 140 valence electrons. The molecular formula is C16H21N5O4S. The van der Waals surface area contributed by atoms with Crippen molar-refractivity contribution in [2.75, 3.05) is 24.2 Å². The number of carbonyl (C=O) groups is 2. The lowest BCUT2D eigenvalue weighted by Gasteiger charge is -2.17. The van der Waals surface area contributed by atoms with Gasteiger partial charge >= 0.3 is 0 Å². The number of nitrogens with one attached hydrogen (secondary N) is 3. The SMILES string of the molecule is CC(=O)Nc1ccc(NC(=O)CN(C)S(=O)(=O)c2c(C)n[nH]c2C)cc1. The molecule has 26 heavy (non-hydrogen) atoms. The zero-order valence-corrected chi connectivity index (χ0v) is 15.8. The fraction of sp³-hybridized carbons (Fsp3) is 0.312. The number of aromatic nitrogens is 2. The van der Waals surface area contributed by atoms with Gasteiger partial charge in [-0.25, -0.2) is 8.42 Å². The smallest absolute Gasteiger partial charge is 0.246 e. The van der Waals surface area contributed by atoms with E-state index in [-0.39, 0.29) is 17.3 Å². The molecule has 0 aliphatic rings. The number of sulfonamides is 1. The number of likely N-dealkylation sites (N-methyl/N-ethyl adjacent to an activating group) is 1. The number of H-pyrrole nitrogens is 1. The van der Waals surface area contributed by atoms with E-state index < -0.39 is 15.9 Å². The molecule has 0 aliphatic carbocycles. The summed E-state index contributed by atoms with van der Waals surface area (Å²) in [5, 5.41) is 11.7. The number of nitrogens with zero attached hydrogens (tertiary/aromatic N) is 2. The fourth-order valence-electron chi connectivity index (χ4n) is 2.40. The highest BCUT2D eigenvalue weighted by Crippen LogP contribution is 2.20. The third-order valence-corrected chi connectivity index (χ3v) is 5.65. The Labute approximate surface area is 151 Å². The van der Waals surface area contributed by atoms with Crippen LogP contribution in [-0.2, 0) is 19.6 Å². The predicted molar refractivity (Wildman–Crippen MR) is 97.3 cm³/mol. The summed E-state index contributed by atoms with van der Waals surface area (Å²) in [5.41, 5.74) is 1.86. The van der Waals surface area contributed by atoms with Crippen molar-refractivity contribution in [2.45, 2.75) is 25.7 Å². The highest BCUT2D eigenvalue weighted by Gasteiger charge is 2.28. The average Bonchev–Trinajstić information content (AvgIpc) is 2.88. The highest BCUT2D eigenvalue weighted by atomic mass is 32.2. The molecule has 1 aromatic carbocycles. The van der Waals surface area contributed by atoms with Gasteiger partial charge in [0.05, 0.1) is 17.9 Å². The van der Waals surface area contributed by atoms with Gasteiger partial charge in [-0.05, 0) is 38.1 Å². The minimum atomic E-state index is -3.83. The van der Waals surface area contributed by atoms with Crippen LogP contribution in [0.1, 0.15) is 18.3 Å². The Morgan fingerprint density at radius 2 is 1.65 bits per heavy atom. The summed E-state index contributed by atoms with van der Waals surface area (Å²) in [7, 11) is -2.50. The van der Waals surface area contributed by atoms with Gasteiger partial charge < -0.3 is 10.6 Å². The summed E-state index contributed by atoms with van der Waals surface area (Å²) in [4.78, 5) is 23.2. The van der Waals surface area contributed by atoms with Crippen LogP contribution in [0, 0.1) is 13.8 Å². The first-order chi connectivity index (χ1) is 12.1. The molecule has 2 aromatic rings. The van der Waals surface area contributed by atoms with Crippen LogP contribution in [0.5, 0.6) is 0 Å². The molecule has 0 atom stereocenters. The van der Waals surface area contributed by atoms with Crippen molar-refractivity contribution in [3.8, 4) is 0 Å². The summed E-state index contributed by atoms with van der Waals surface area (Å²) >= 11 is 0. The molecule has 2 amide bonds. The molecule has 0 bridgehead atoms. The number of benzene rings is 1. The number of anilines is 2. The van der Waals surface area contributed by atoms with Gasteiger partial charge in [0.2, 0.25) is 21.8 Å². The maximum Gasteiger partial charge on any atom is 0.246 e. The summed E-state index contributed by atoms with van der Waals surface area (Å²) in [5.74, 6) is -0.680. The van der Waals surface area contributed by atoms with E-state index in [9.17, 15) is 18.0 Å². The molecule has 0 aliphatic heterocycles. The van der Waals surface area contributed by atoms with E-state index in [0.29, 0.717) is 22.8 Å². The van der Waals surface area contributed by atoms with Crippen LogP contribution in [-0.4, -0.2) is 48.3 Å². The number of amides is 2. The molecule has 1 heterocycles. The van der Waals surface area contributed by atoms with Gasteiger partial charge in [-0.3, -0.25) is 14.7 Å². The van der Waals surface area contributed by atoms with Crippen LogP contribution in [0.15, 0.2) is 29.2 Å². The number of hydrogen-bond acceptors (Lipinski definition) is 5. The summed E-state index contributed by atoms with van der Waals surface area (Å²) in [6, 6.07) is 6.50. The second kappa shape index (κ2) is 7.67. The van der Waals surface area contributed by atoms with Crippen molar-refractivity contribution in [3.63, 3.8) is 0 Å². The molecule has 3 N–H and O–H groups in total. The Morgan fingerprint density at radius 1 is 1.12 bits per heavy atom. The minimum absolute atomic E-state index is 0.0764. The van der Waals surface area contributed by atoms with Crippen molar-refractivity contribution < 1.29 is 18.0 Å². The first kappa shape index (κ1) is 19.6. The van der Waals surface area contributed by atoms with E-state index in [0.717, 1.165) is 4.31 Å². The van der Waals surface area contributed by atoms with Gasteiger partial charge in [-0.2, -0.15) is 9.40 Å². The normalized spacial score (nSPS) is 11.4. The molecule has 0 fully saturated rings. The van der Waals surface area contributed by atoms with Crippen LogP contribution >= 0.6 is 0 Å². The number of carbonyl (C=O) groups excluding carboxylic acids is 2. The molecule has 0 spiro atoms. The number of hydrogen-bond donors (Lipinski definition) is 3. The molecule has 0 unspecified atom stereocenters. The van der Waals surface area contributed by atoms with Crippen LogP contribution in [0.4, 0.5) is 11.4 Å².